The molecule has 0 aromatic heterocycles. The van der Waals surface area contributed by atoms with Gasteiger partial charge in [0, 0.05) is 11.8 Å². The molecule has 0 amide bonds. The van der Waals surface area contributed by atoms with Crippen LogP contribution in [0, 0.1) is 6.92 Å². The molecule has 13 heavy (non-hydrogen) atoms. The summed E-state index contributed by atoms with van der Waals surface area (Å²) in [6.45, 7) is 4.30. The number of hydrogen-bond donors (Lipinski definition) is 0. The van der Waals surface area contributed by atoms with Gasteiger partial charge in [0.1, 0.15) is 0 Å². The van der Waals surface area contributed by atoms with Crippen LogP contribution in [0.1, 0.15) is 30.9 Å². The molecule has 1 heterocycles. The van der Waals surface area contributed by atoms with Crippen molar-refractivity contribution in [2.45, 2.75) is 32.7 Å². The van der Waals surface area contributed by atoms with E-state index >= 15 is 0 Å². The van der Waals surface area contributed by atoms with Crippen molar-refractivity contribution >= 4 is 5.71 Å². The summed E-state index contributed by atoms with van der Waals surface area (Å²) in [5.74, 6) is 0. The van der Waals surface area contributed by atoms with Gasteiger partial charge in [-0.2, -0.15) is 0 Å². The van der Waals surface area contributed by atoms with E-state index in [0.717, 1.165) is 6.42 Å². The van der Waals surface area contributed by atoms with Gasteiger partial charge in [0.05, 0.1) is 0 Å². The van der Waals surface area contributed by atoms with Gasteiger partial charge in [0.25, 0.3) is 0 Å². The van der Waals surface area contributed by atoms with Crippen LogP contribution in [0.5, 0.6) is 0 Å². The molecule has 0 aliphatic carbocycles. The van der Waals surface area contributed by atoms with Crippen molar-refractivity contribution in [3.63, 3.8) is 0 Å². The van der Waals surface area contributed by atoms with Gasteiger partial charge in [0.2, 0.25) is 0 Å². The van der Waals surface area contributed by atoms with Gasteiger partial charge < -0.3 is 0 Å². The van der Waals surface area contributed by atoms with Gasteiger partial charge >= 0.3 is 0 Å². The first-order valence-electron chi connectivity index (χ1n) is 4.89. The predicted molar refractivity (Wildman–Crippen MR) is 56.4 cm³/mol. The number of aryl methyl sites for hydroxylation is 1. The topological polar surface area (TPSA) is 12.4 Å². The Kier molecular flexibility index (Phi) is 2.17. The van der Waals surface area contributed by atoms with E-state index in [9.17, 15) is 0 Å². The molecule has 0 saturated heterocycles. The number of rotatable bonds is 1. The van der Waals surface area contributed by atoms with Gasteiger partial charge in [-0.1, -0.05) is 29.8 Å². The minimum Gasteiger partial charge on any atom is -0.286 e. The zero-order valence-electron chi connectivity index (χ0n) is 8.25. The van der Waals surface area contributed by atoms with Crippen LogP contribution in [-0.2, 0) is 0 Å². The van der Waals surface area contributed by atoms with E-state index in [4.69, 9.17) is 0 Å². The van der Waals surface area contributed by atoms with Crippen LogP contribution in [0.3, 0.4) is 0 Å². The molecule has 1 atom stereocenters. The minimum absolute atomic E-state index is 0.524. The molecule has 1 aromatic carbocycles. The van der Waals surface area contributed by atoms with E-state index in [0.29, 0.717) is 6.04 Å². The van der Waals surface area contributed by atoms with Crippen molar-refractivity contribution in [1.82, 2.24) is 0 Å². The summed E-state index contributed by atoms with van der Waals surface area (Å²) < 4.78 is 0. The molecule has 0 N–H and O–H groups in total. The number of benzene rings is 1. The van der Waals surface area contributed by atoms with Gasteiger partial charge in [-0.15, -0.1) is 0 Å². The highest BCUT2D eigenvalue weighted by Crippen LogP contribution is 2.18. The Balaban J connectivity index is 2.26. The Morgan fingerprint density at radius 2 is 1.92 bits per heavy atom. The highest BCUT2D eigenvalue weighted by Gasteiger charge is 2.13. The lowest BCUT2D eigenvalue weighted by atomic mass is 10.1. The fraction of sp³-hybridized carbons (Fsp3) is 0.417. The lowest BCUT2D eigenvalue weighted by molar-refractivity contribution is 0.739. The zero-order valence-corrected chi connectivity index (χ0v) is 8.25. The second kappa shape index (κ2) is 3.33. The molecule has 1 aromatic rings. The molecular weight excluding hydrogens is 158 g/mol. The summed E-state index contributed by atoms with van der Waals surface area (Å²) in [4.78, 5) is 4.61. The lowest BCUT2D eigenvalue weighted by Crippen LogP contribution is -1.95. The molecule has 1 aliphatic rings. The third kappa shape index (κ3) is 1.80. The van der Waals surface area contributed by atoms with Crippen LogP contribution in [0.25, 0.3) is 0 Å². The third-order valence-corrected chi connectivity index (χ3v) is 2.56. The summed E-state index contributed by atoms with van der Waals surface area (Å²) in [7, 11) is 0. The SMILES string of the molecule is Cc1ccc(C2=N[C@@H](C)CC2)cc1. The molecule has 0 radical (unpaired) electrons. The third-order valence-electron chi connectivity index (χ3n) is 2.56. The lowest BCUT2D eigenvalue weighted by Gasteiger charge is -1.99. The highest BCUT2D eigenvalue weighted by atomic mass is 14.8. The van der Waals surface area contributed by atoms with E-state index in [1.165, 1.54) is 23.3 Å². The zero-order chi connectivity index (χ0) is 9.26. The van der Waals surface area contributed by atoms with E-state index in [1.807, 2.05) is 0 Å². The van der Waals surface area contributed by atoms with Gasteiger partial charge in [-0.3, -0.25) is 4.99 Å². The summed E-state index contributed by atoms with van der Waals surface area (Å²) >= 11 is 0. The molecule has 1 heteroatoms. The summed E-state index contributed by atoms with van der Waals surface area (Å²) in [6, 6.07) is 9.18. The second-order valence-corrected chi connectivity index (χ2v) is 3.83. The normalized spacial score (nSPS) is 21.7. The summed E-state index contributed by atoms with van der Waals surface area (Å²) in [6.07, 6.45) is 2.35. The van der Waals surface area contributed by atoms with Crippen molar-refractivity contribution in [2.24, 2.45) is 4.99 Å². The van der Waals surface area contributed by atoms with E-state index in [1.54, 1.807) is 0 Å². The average molecular weight is 173 g/mol. The Bertz CT molecular complexity index is 321. The van der Waals surface area contributed by atoms with Crippen LogP contribution in [-0.4, -0.2) is 11.8 Å². The molecule has 1 aliphatic heterocycles. The quantitative estimate of drug-likeness (QED) is 0.619. The number of aliphatic imine (C=N–C) groups is 1. The maximum Gasteiger partial charge on any atom is 0.0478 e. The molecule has 0 saturated carbocycles. The Morgan fingerprint density at radius 1 is 1.23 bits per heavy atom. The van der Waals surface area contributed by atoms with Gasteiger partial charge in [-0.25, -0.2) is 0 Å². The first-order valence-corrected chi connectivity index (χ1v) is 4.89. The van der Waals surface area contributed by atoms with Crippen molar-refractivity contribution in [2.75, 3.05) is 0 Å². The van der Waals surface area contributed by atoms with Crippen molar-refractivity contribution in [3.05, 3.63) is 35.4 Å². The van der Waals surface area contributed by atoms with E-state index in [-0.39, 0.29) is 0 Å². The largest absolute Gasteiger partial charge is 0.286 e. The van der Waals surface area contributed by atoms with Crippen LogP contribution in [0.4, 0.5) is 0 Å². The van der Waals surface area contributed by atoms with Crippen LogP contribution >= 0.6 is 0 Å². The molecule has 0 spiro atoms. The molecule has 0 unspecified atom stereocenters. The predicted octanol–water partition coefficient (Wildman–Crippen LogP) is 2.97. The first kappa shape index (κ1) is 8.49. The summed E-state index contributed by atoms with van der Waals surface area (Å²) in [5.41, 5.74) is 3.90. The van der Waals surface area contributed by atoms with Crippen LogP contribution in [0.2, 0.25) is 0 Å². The first-order chi connectivity index (χ1) is 6.25. The minimum atomic E-state index is 0.524. The fourth-order valence-corrected chi connectivity index (χ4v) is 1.71. The number of hydrogen-bond acceptors (Lipinski definition) is 1. The van der Waals surface area contributed by atoms with E-state index in [2.05, 4.69) is 43.1 Å². The fourth-order valence-electron chi connectivity index (χ4n) is 1.71. The van der Waals surface area contributed by atoms with Gasteiger partial charge in [0.15, 0.2) is 0 Å². The van der Waals surface area contributed by atoms with Crippen molar-refractivity contribution < 1.29 is 0 Å². The second-order valence-electron chi connectivity index (χ2n) is 3.83. The Hall–Kier alpha value is -1.11. The highest BCUT2D eigenvalue weighted by molar-refractivity contribution is 6.01. The molecule has 1 nitrogen and oxygen atoms in total. The average Bonchev–Trinajstić information content (AvgIpc) is 2.53. The van der Waals surface area contributed by atoms with Crippen LogP contribution in [0.15, 0.2) is 29.3 Å². The Morgan fingerprint density at radius 3 is 2.46 bits per heavy atom. The molecule has 0 bridgehead atoms. The smallest absolute Gasteiger partial charge is 0.0478 e. The maximum absolute atomic E-state index is 4.61. The number of nitrogens with zero attached hydrogens (tertiary/aromatic N) is 1. The standard InChI is InChI=1S/C12H15N/c1-9-3-6-11(7-4-9)12-8-5-10(2)13-12/h3-4,6-7,10H,5,8H2,1-2H3/t10-/m0/s1. The Labute approximate surface area is 79.5 Å². The maximum atomic E-state index is 4.61. The van der Waals surface area contributed by atoms with Crippen molar-refractivity contribution in [1.29, 1.82) is 0 Å². The molecule has 2 rings (SSSR count). The molecular formula is C12H15N. The van der Waals surface area contributed by atoms with Crippen LogP contribution < -0.4 is 0 Å². The van der Waals surface area contributed by atoms with Gasteiger partial charge in [-0.05, 0) is 32.3 Å². The molecule has 0 fully saturated rings. The summed E-state index contributed by atoms with van der Waals surface area (Å²) in [5, 5.41) is 0. The monoisotopic (exact) mass is 173 g/mol. The van der Waals surface area contributed by atoms with Crippen molar-refractivity contribution in [3.8, 4) is 0 Å². The molecule has 68 valence electrons. The van der Waals surface area contributed by atoms with E-state index < -0.39 is 0 Å².